The number of nitrogens with one attached hydrogen (secondary N) is 1. The van der Waals surface area contributed by atoms with Gasteiger partial charge in [0.05, 0.1) is 0 Å². The van der Waals surface area contributed by atoms with Gasteiger partial charge in [-0.1, -0.05) is 6.92 Å². The van der Waals surface area contributed by atoms with E-state index in [0.29, 0.717) is 0 Å². The summed E-state index contributed by atoms with van der Waals surface area (Å²) in [6.07, 6.45) is 8.39. The average Bonchev–Trinajstić information content (AvgIpc) is 2.96. The first-order chi connectivity index (χ1) is 9.79. The number of halogens is 1. The van der Waals surface area contributed by atoms with Gasteiger partial charge < -0.3 is 14.8 Å². The van der Waals surface area contributed by atoms with E-state index >= 15 is 0 Å². The molecule has 1 aromatic heterocycles. The van der Waals surface area contributed by atoms with Crippen molar-refractivity contribution in [2.45, 2.75) is 39.2 Å². The second-order valence-corrected chi connectivity index (χ2v) is 5.57. The summed E-state index contributed by atoms with van der Waals surface area (Å²) >= 11 is 0. The highest BCUT2D eigenvalue weighted by Gasteiger charge is 2.18. The van der Waals surface area contributed by atoms with Crippen molar-refractivity contribution in [2.24, 2.45) is 10.9 Å². The Bertz CT molecular complexity index is 406. The maximum absolute atomic E-state index is 4.40. The molecule has 1 aromatic rings. The van der Waals surface area contributed by atoms with Crippen LogP contribution in [0.5, 0.6) is 0 Å². The average molecular weight is 406 g/mol. The van der Waals surface area contributed by atoms with Gasteiger partial charge in [-0.25, -0.2) is 0 Å². The Morgan fingerprint density at radius 2 is 2.10 bits per heavy atom. The summed E-state index contributed by atoms with van der Waals surface area (Å²) in [5.41, 5.74) is 0. The van der Waals surface area contributed by atoms with E-state index in [-0.39, 0.29) is 24.0 Å². The minimum atomic E-state index is 0. The van der Waals surface area contributed by atoms with E-state index in [1.165, 1.54) is 12.8 Å². The monoisotopic (exact) mass is 406 g/mol. The first-order valence-corrected chi connectivity index (χ1v) is 7.57. The van der Waals surface area contributed by atoms with Crippen LogP contribution >= 0.6 is 24.0 Å². The minimum absolute atomic E-state index is 0. The van der Waals surface area contributed by atoms with Crippen molar-refractivity contribution in [1.29, 1.82) is 0 Å². The molecule has 1 fully saturated rings. The van der Waals surface area contributed by atoms with E-state index in [1.807, 2.05) is 11.6 Å². The highest BCUT2D eigenvalue weighted by Crippen LogP contribution is 2.15. The molecule has 0 amide bonds. The number of aromatic nitrogens is 3. The van der Waals surface area contributed by atoms with Crippen molar-refractivity contribution in [2.75, 3.05) is 26.7 Å². The molecule has 6 nitrogen and oxygen atoms in total. The Morgan fingerprint density at radius 3 is 2.76 bits per heavy atom. The summed E-state index contributed by atoms with van der Waals surface area (Å²) in [6.45, 7) is 6.53. The maximum atomic E-state index is 4.40. The number of rotatable bonds is 5. The lowest BCUT2D eigenvalue weighted by Gasteiger charge is -2.33. The summed E-state index contributed by atoms with van der Waals surface area (Å²) in [7, 11) is 1.87. The molecule has 0 spiro atoms. The zero-order chi connectivity index (χ0) is 14.2. The van der Waals surface area contributed by atoms with E-state index in [1.54, 1.807) is 12.7 Å². The number of piperidine rings is 1. The largest absolute Gasteiger partial charge is 0.356 e. The lowest BCUT2D eigenvalue weighted by Crippen LogP contribution is -2.46. The number of hydrogen-bond donors (Lipinski definition) is 1. The van der Waals surface area contributed by atoms with Crippen molar-refractivity contribution in [3.63, 3.8) is 0 Å². The third-order valence-corrected chi connectivity index (χ3v) is 3.76. The summed E-state index contributed by atoms with van der Waals surface area (Å²) in [6, 6.07) is 0. The van der Waals surface area contributed by atoms with Crippen LogP contribution in [0.2, 0.25) is 0 Å². The van der Waals surface area contributed by atoms with Gasteiger partial charge in [-0.3, -0.25) is 4.99 Å². The zero-order valence-electron chi connectivity index (χ0n) is 13.0. The van der Waals surface area contributed by atoms with Gasteiger partial charge in [-0.15, -0.1) is 34.2 Å². The Kier molecular flexibility index (Phi) is 8.63. The predicted octanol–water partition coefficient (Wildman–Crippen LogP) is 1.98. The second-order valence-electron chi connectivity index (χ2n) is 5.57. The molecule has 0 saturated carbocycles. The molecule has 0 bridgehead atoms. The molecular formula is C14H27IN6. The second kappa shape index (κ2) is 9.97. The van der Waals surface area contributed by atoms with Gasteiger partial charge >= 0.3 is 0 Å². The third-order valence-electron chi connectivity index (χ3n) is 3.76. The fraction of sp³-hybridized carbons (Fsp3) is 0.786. The van der Waals surface area contributed by atoms with Crippen LogP contribution in [-0.2, 0) is 6.54 Å². The van der Waals surface area contributed by atoms with E-state index < -0.39 is 0 Å². The van der Waals surface area contributed by atoms with Crippen LogP contribution in [0.3, 0.4) is 0 Å². The predicted molar refractivity (Wildman–Crippen MR) is 96.0 cm³/mol. The summed E-state index contributed by atoms with van der Waals surface area (Å²) < 4.78 is 2.02. The standard InChI is InChI=1S/C14H26N6.HI/c1-13-6-5-9-20(10-13)14(15-2)16-7-3-4-8-19-11-17-18-12-19;/h11-13H,3-10H2,1-2H3,(H,15,16);1H. The molecular weight excluding hydrogens is 379 g/mol. The SMILES string of the molecule is CN=C(NCCCCn1cnnc1)N1CCCC(C)C1.I. The lowest BCUT2D eigenvalue weighted by atomic mass is 10.0. The molecule has 1 saturated heterocycles. The van der Waals surface area contributed by atoms with Crippen molar-refractivity contribution in [1.82, 2.24) is 25.0 Å². The van der Waals surface area contributed by atoms with Crippen LogP contribution in [0.4, 0.5) is 0 Å². The van der Waals surface area contributed by atoms with Crippen LogP contribution < -0.4 is 5.32 Å². The topological polar surface area (TPSA) is 58.3 Å². The van der Waals surface area contributed by atoms with Crippen molar-refractivity contribution < 1.29 is 0 Å². The van der Waals surface area contributed by atoms with E-state index in [9.17, 15) is 0 Å². The highest BCUT2D eigenvalue weighted by molar-refractivity contribution is 14.0. The van der Waals surface area contributed by atoms with Crippen LogP contribution in [0.15, 0.2) is 17.6 Å². The summed E-state index contributed by atoms with van der Waals surface area (Å²) in [5.74, 6) is 1.83. The molecule has 21 heavy (non-hydrogen) atoms. The molecule has 0 radical (unpaired) electrons. The van der Waals surface area contributed by atoms with Gasteiger partial charge in [-0.05, 0) is 31.6 Å². The molecule has 120 valence electrons. The quantitative estimate of drug-likeness (QED) is 0.352. The van der Waals surface area contributed by atoms with E-state index in [2.05, 4.69) is 32.3 Å². The van der Waals surface area contributed by atoms with Crippen molar-refractivity contribution in [3.05, 3.63) is 12.7 Å². The number of aryl methyl sites for hydroxylation is 1. The van der Waals surface area contributed by atoms with Crippen molar-refractivity contribution >= 4 is 29.9 Å². The van der Waals surface area contributed by atoms with Gasteiger partial charge in [0.2, 0.25) is 0 Å². The normalized spacial score (nSPS) is 19.2. The van der Waals surface area contributed by atoms with Crippen LogP contribution in [0, 0.1) is 5.92 Å². The molecule has 1 N–H and O–H groups in total. The number of nitrogens with zero attached hydrogens (tertiary/aromatic N) is 5. The zero-order valence-corrected chi connectivity index (χ0v) is 15.4. The van der Waals surface area contributed by atoms with Gasteiger partial charge in [0.25, 0.3) is 0 Å². The molecule has 7 heteroatoms. The minimum Gasteiger partial charge on any atom is -0.356 e. The highest BCUT2D eigenvalue weighted by atomic mass is 127. The molecule has 0 aliphatic carbocycles. The molecule has 1 atom stereocenters. The van der Waals surface area contributed by atoms with Gasteiger partial charge in [0.15, 0.2) is 5.96 Å². The van der Waals surface area contributed by atoms with Gasteiger partial charge in [0.1, 0.15) is 12.7 Å². The first kappa shape index (κ1) is 18.2. The Labute approximate surface area is 144 Å². The number of hydrogen-bond acceptors (Lipinski definition) is 3. The molecule has 1 aliphatic rings. The van der Waals surface area contributed by atoms with E-state index in [4.69, 9.17) is 0 Å². The van der Waals surface area contributed by atoms with E-state index in [0.717, 1.165) is 50.9 Å². The first-order valence-electron chi connectivity index (χ1n) is 7.57. The molecule has 1 unspecified atom stereocenters. The number of aliphatic imine (C=N–C) groups is 1. The van der Waals surface area contributed by atoms with Gasteiger partial charge in [0, 0.05) is 33.2 Å². The molecule has 2 rings (SSSR count). The number of guanidine groups is 1. The molecule has 1 aliphatic heterocycles. The number of unbranched alkanes of at least 4 members (excludes halogenated alkanes) is 1. The number of likely N-dealkylation sites (tertiary alicyclic amines) is 1. The van der Waals surface area contributed by atoms with Crippen LogP contribution in [-0.4, -0.2) is 52.3 Å². The summed E-state index contributed by atoms with van der Waals surface area (Å²) in [5, 5.41) is 11.1. The van der Waals surface area contributed by atoms with Crippen LogP contribution in [0.25, 0.3) is 0 Å². The molecule has 2 heterocycles. The maximum Gasteiger partial charge on any atom is 0.193 e. The lowest BCUT2D eigenvalue weighted by molar-refractivity contribution is 0.266. The fourth-order valence-corrected chi connectivity index (χ4v) is 2.67. The summed E-state index contributed by atoms with van der Waals surface area (Å²) in [4.78, 5) is 6.78. The Morgan fingerprint density at radius 1 is 1.33 bits per heavy atom. The van der Waals surface area contributed by atoms with Crippen molar-refractivity contribution in [3.8, 4) is 0 Å². The fourth-order valence-electron chi connectivity index (χ4n) is 2.67. The Hall–Kier alpha value is -0.860. The molecule has 0 aromatic carbocycles. The van der Waals surface area contributed by atoms with Crippen LogP contribution in [0.1, 0.15) is 32.6 Å². The Balaban J connectivity index is 0.00000220. The third kappa shape index (κ3) is 6.19. The smallest absolute Gasteiger partial charge is 0.193 e. The van der Waals surface area contributed by atoms with Gasteiger partial charge in [-0.2, -0.15) is 0 Å².